The van der Waals surface area contributed by atoms with Crippen LogP contribution < -0.4 is 5.73 Å². The molecule has 1 aromatic heterocycles. The van der Waals surface area contributed by atoms with Crippen molar-refractivity contribution in [1.29, 1.82) is 0 Å². The first-order valence-corrected chi connectivity index (χ1v) is 9.00. The van der Waals surface area contributed by atoms with Gasteiger partial charge in [0.15, 0.2) is 0 Å². The van der Waals surface area contributed by atoms with E-state index >= 15 is 0 Å². The number of hydrogen-bond donors (Lipinski definition) is 1. The summed E-state index contributed by atoms with van der Waals surface area (Å²) < 4.78 is 1.03. The maximum atomic E-state index is 6.07. The zero-order valence-corrected chi connectivity index (χ0v) is 15.0. The number of nitrogens with two attached hydrogens (primary N) is 1. The number of nitrogen functional groups attached to an aromatic ring is 1. The number of nitrogens with zero attached hydrogens (tertiary/aromatic N) is 2. The van der Waals surface area contributed by atoms with Gasteiger partial charge in [-0.1, -0.05) is 26.7 Å². The van der Waals surface area contributed by atoms with Crippen molar-refractivity contribution in [3.63, 3.8) is 0 Å². The molecule has 21 heavy (non-hydrogen) atoms. The van der Waals surface area contributed by atoms with Crippen molar-refractivity contribution in [2.75, 3.05) is 25.4 Å². The monoisotopic (exact) mass is 353 g/mol. The Bertz CT molecular complexity index is 453. The van der Waals surface area contributed by atoms with Crippen LogP contribution >= 0.6 is 15.9 Å². The number of likely N-dealkylation sites (tertiary alicyclic amines) is 1. The molecule has 1 aliphatic rings. The van der Waals surface area contributed by atoms with E-state index in [0.29, 0.717) is 11.2 Å². The summed E-state index contributed by atoms with van der Waals surface area (Å²) in [6.07, 6.45) is 9.23. The van der Waals surface area contributed by atoms with Gasteiger partial charge >= 0.3 is 0 Å². The molecule has 0 saturated carbocycles. The molecule has 1 aromatic rings. The van der Waals surface area contributed by atoms with E-state index in [2.05, 4.69) is 45.7 Å². The first-order valence-electron chi connectivity index (χ1n) is 8.21. The highest BCUT2D eigenvalue weighted by atomic mass is 79.9. The summed E-state index contributed by atoms with van der Waals surface area (Å²) in [5.74, 6) is 0.694. The van der Waals surface area contributed by atoms with Gasteiger partial charge in [-0.3, -0.25) is 0 Å². The zero-order chi connectivity index (χ0) is 15.3. The van der Waals surface area contributed by atoms with E-state index in [9.17, 15) is 0 Å². The standard InChI is InChI=1S/C17H28BrN3/c1-3-5-8-21-9-6-17(4-2,7-10-21)12-14-11-15(18)13-20-16(14)19/h11,13H,3-10,12H2,1-2H3,(H2,19,20). The van der Waals surface area contributed by atoms with E-state index in [1.165, 1.54) is 57.3 Å². The second-order valence-electron chi connectivity index (χ2n) is 6.42. The van der Waals surface area contributed by atoms with E-state index in [1.54, 1.807) is 6.20 Å². The maximum absolute atomic E-state index is 6.07. The van der Waals surface area contributed by atoms with Gasteiger partial charge in [0, 0.05) is 10.7 Å². The molecule has 1 fully saturated rings. The molecule has 1 saturated heterocycles. The van der Waals surface area contributed by atoms with Crippen molar-refractivity contribution >= 4 is 21.7 Å². The molecule has 0 bridgehead atoms. The van der Waals surface area contributed by atoms with Gasteiger partial charge in [0.1, 0.15) is 5.82 Å². The Kier molecular flexibility index (Phi) is 6.06. The summed E-state index contributed by atoms with van der Waals surface area (Å²) in [4.78, 5) is 6.91. The van der Waals surface area contributed by atoms with Gasteiger partial charge in [0.2, 0.25) is 0 Å². The average molecular weight is 354 g/mol. The molecular weight excluding hydrogens is 326 g/mol. The Labute approximate surface area is 137 Å². The van der Waals surface area contributed by atoms with Crippen LogP contribution in [0.4, 0.5) is 5.82 Å². The van der Waals surface area contributed by atoms with E-state index in [4.69, 9.17) is 5.73 Å². The van der Waals surface area contributed by atoms with Crippen molar-refractivity contribution in [3.05, 3.63) is 22.3 Å². The number of aromatic nitrogens is 1. The minimum absolute atomic E-state index is 0.402. The van der Waals surface area contributed by atoms with Gasteiger partial charge in [-0.2, -0.15) is 0 Å². The Hall–Kier alpha value is -0.610. The maximum Gasteiger partial charge on any atom is 0.126 e. The largest absolute Gasteiger partial charge is 0.383 e. The van der Waals surface area contributed by atoms with Crippen LogP contribution in [0.15, 0.2) is 16.7 Å². The van der Waals surface area contributed by atoms with Crippen LogP contribution in [0, 0.1) is 5.41 Å². The molecule has 0 amide bonds. The summed E-state index contributed by atoms with van der Waals surface area (Å²) in [6.45, 7) is 8.31. The van der Waals surface area contributed by atoms with Crippen molar-refractivity contribution in [1.82, 2.24) is 9.88 Å². The number of anilines is 1. The fourth-order valence-electron chi connectivity index (χ4n) is 3.33. The number of piperidine rings is 1. The Morgan fingerprint density at radius 3 is 2.67 bits per heavy atom. The number of pyridine rings is 1. The normalized spacial score (nSPS) is 18.8. The summed E-state index contributed by atoms with van der Waals surface area (Å²) in [7, 11) is 0. The fraction of sp³-hybridized carbons (Fsp3) is 0.706. The SMILES string of the molecule is CCCCN1CCC(CC)(Cc2cc(Br)cnc2N)CC1. The lowest BCUT2D eigenvalue weighted by Crippen LogP contribution is -2.41. The van der Waals surface area contributed by atoms with Gasteiger partial charge in [0.25, 0.3) is 0 Å². The number of halogens is 1. The first-order chi connectivity index (χ1) is 10.1. The second kappa shape index (κ2) is 7.59. The third-order valence-corrected chi connectivity index (χ3v) is 5.46. The fourth-order valence-corrected chi connectivity index (χ4v) is 3.70. The molecule has 0 aromatic carbocycles. The smallest absolute Gasteiger partial charge is 0.126 e. The third-order valence-electron chi connectivity index (χ3n) is 5.03. The highest BCUT2D eigenvalue weighted by molar-refractivity contribution is 9.10. The zero-order valence-electron chi connectivity index (χ0n) is 13.4. The first kappa shape index (κ1) is 16.8. The third kappa shape index (κ3) is 4.43. The van der Waals surface area contributed by atoms with E-state index in [1.807, 2.05) is 0 Å². The highest BCUT2D eigenvalue weighted by Gasteiger charge is 2.33. The van der Waals surface area contributed by atoms with Gasteiger partial charge < -0.3 is 10.6 Å². The van der Waals surface area contributed by atoms with Crippen LogP contribution in [-0.4, -0.2) is 29.5 Å². The minimum Gasteiger partial charge on any atom is -0.383 e. The quantitative estimate of drug-likeness (QED) is 0.830. The molecule has 2 rings (SSSR count). The van der Waals surface area contributed by atoms with Gasteiger partial charge in [0.05, 0.1) is 0 Å². The van der Waals surface area contributed by atoms with Crippen molar-refractivity contribution in [2.24, 2.45) is 5.41 Å². The van der Waals surface area contributed by atoms with E-state index < -0.39 is 0 Å². The van der Waals surface area contributed by atoms with Crippen LogP contribution in [0.5, 0.6) is 0 Å². The Balaban J connectivity index is 2.01. The minimum atomic E-state index is 0.402. The Morgan fingerprint density at radius 1 is 1.33 bits per heavy atom. The van der Waals surface area contributed by atoms with Crippen LogP contribution in [0.3, 0.4) is 0 Å². The molecule has 2 N–H and O–H groups in total. The molecule has 0 aliphatic carbocycles. The molecule has 118 valence electrons. The van der Waals surface area contributed by atoms with Crippen molar-refractivity contribution < 1.29 is 0 Å². The summed E-state index contributed by atoms with van der Waals surface area (Å²) in [5, 5.41) is 0. The molecule has 1 aliphatic heterocycles. The molecule has 2 heterocycles. The predicted octanol–water partition coefficient (Wildman–Crippen LogP) is 4.26. The molecular formula is C17H28BrN3. The predicted molar refractivity (Wildman–Crippen MR) is 93.4 cm³/mol. The lowest BCUT2D eigenvalue weighted by molar-refractivity contribution is 0.0982. The Morgan fingerprint density at radius 2 is 2.05 bits per heavy atom. The average Bonchev–Trinajstić information content (AvgIpc) is 2.50. The van der Waals surface area contributed by atoms with Crippen LogP contribution in [0.1, 0.15) is 51.5 Å². The molecule has 0 spiro atoms. The molecule has 0 atom stereocenters. The topological polar surface area (TPSA) is 42.2 Å². The van der Waals surface area contributed by atoms with Crippen molar-refractivity contribution in [2.45, 2.75) is 52.4 Å². The van der Waals surface area contributed by atoms with Gasteiger partial charge in [-0.15, -0.1) is 0 Å². The van der Waals surface area contributed by atoms with Gasteiger partial charge in [-0.05, 0) is 78.3 Å². The molecule has 0 unspecified atom stereocenters. The number of hydrogen-bond acceptors (Lipinski definition) is 3. The second-order valence-corrected chi connectivity index (χ2v) is 7.34. The van der Waals surface area contributed by atoms with Gasteiger partial charge in [-0.25, -0.2) is 4.98 Å². The van der Waals surface area contributed by atoms with Crippen LogP contribution in [0.2, 0.25) is 0 Å². The number of unbranched alkanes of at least 4 members (excludes halogenated alkanes) is 1. The van der Waals surface area contributed by atoms with Crippen LogP contribution in [0.25, 0.3) is 0 Å². The lowest BCUT2D eigenvalue weighted by Gasteiger charge is -2.42. The molecule has 4 heteroatoms. The van der Waals surface area contributed by atoms with Crippen LogP contribution in [-0.2, 0) is 6.42 Å². The highest BCUT2D eigenvalue weighted by Crippen LogP contribution is 2.39. The summed E-state index contributed by atoms with van der Waals surface area (Å²) in [5.41, 5.74) is 7.68. The van der Waals surface area contributed by atoms with E-state index in [-0.39, 0.29) is 0 Å². The van der Waals surface area contributed by atoms with E-state index in [0.717, 1.165) is 10.9 Å². The summed E-state index contributed by atoms with van der Waals surface area (Å²) >= 11 is 3.51. The lowest BCUT2D eigenvalue weighted by atomic mass is 9.72. The molecule has 0 radical (unpaired) electrons. The molecule has 3 nitrogen and oxygen atoms in total. The van der Waals surface area contributed by atoms with Crippen molar-refractivity contribution in [3.8, 4) is 0 Å². The summed E-state index contributed by atoms with van der Waals surface area (Å²) in [6, 6.07) is 2.14. The number of rotatable bonds is 6.